The summed E-state index contributed by atoms with van der Waals surface area (Å²) in [5, 5.41) is 3.26. The average Bonchev–Trinajstić information content (AvgIpc) is 2.34. The van der Waals surface area contributed by atoms with Gasteiger partial charge >= 0.3 is 0 Å². The van der Waals surface area contributed by atoms with Gasteiger partial charge < -0.3 is 5.32 Å². The summed E-state index contributed by atoms with van der Waals surface area (Å²) in [6, 6.07) is 0. The molecule has 1 fully saturated rings. The summed E-state index contributed by atoms with van der Waals surface area (Å²) in [5.41, 5.74) is 0. The molecule has 1 rings (SSSR count). The smallest absolute Gasteiger partial charge is 0.214 e. The fourth-order valence-electron chi connectivity index (χ4n) is 1.86. The number of hydrogen-bond acceptors (Lipinski definition) is 4. The first kappa shape index (κ1) is 16.1. The highest BCUT2D eigenvalue weighted by Crippen LogP contribution is 2.09. The van der Waals surface area contributed by atoms with Crippen LogP contribution in [0.25, 0.3) is 0 Å². The van der Waals surface area contributed by atoms with E-state index in [1.54, 1.807) is 0 Å². The summed E-state index contributed by atoms with van der Waals surface area (Å²) >= 11 is 0. The second-order valence-corrected chi connectivity index (χ2v) is 8.30. The lowest BCUT2D eigenvalue weighted by atomic mass is 10.3. The Morgan fingerprint density at radius 3 is 2.44 bits per heavy atom. The van der Waals surface area contributed by atoms with Crippen LogP contribution in [0.15, 0.2) is 0 Å². The van der Waals surface area contributed by atoms with Crippen LogP contribution in [0.3, 0.4) is 0 Å². The van der Waals surface area contributed by atoms with Gasteiger partial charge in [-0.05, 0) is 32.4 Å². The lowest BCUT2D eigenvalue weighted by molar-refractivity contribution is 0.437. The zero-order valence-corrected chi connectivity index (χ0v) is 12.7. The lowest BCUT2D eigenvalue weighted by Gasteiger charge is -2.25. The molecule has 0 radical (unpaired) electrons. The number of sulfonamides is 1. The van der Waals surface area contributed by atoms with Crippen molar-refractivity contribution in [3.05, 3.63) is 0 Å². The van der Waals surface area contributed by atoms with Crippen LogP contribution in [-0.2, 0) is 20.8 Å². The van der Waals surface area contributed by atoms with Crippen molar-refractivity contribution >= 4 is 20.8 Å². The number of hydrogen-bond donors (Lipinski definition) is 1. The molecule has 0 saturated carbocycles. The fourth-order valence-corrected chi connectivity index (χ4v) is 4.71. The molecule has 1 aliphatic rings. The van der Waals surface area contributed by atoms with Crippen molar-refractivity contribution in [2.24, 2.45) is 0 Å². The van der Waals surface area contributed by atoms with E-state index in [1.165, 1.54) is 4.31 Å². The fraction of sp³-hybridized carbons (Fsp3) is 1.00. The molecule has 0 aromatic rings. The summed E-state index contributed by atoms with van der Waals surface area (Å²) in [4.78, 5) is 0. The monoisotopic (exact) mass is 296 g/mol. The summed E-state index contributed by atoms with van der Waals surface area (Å²) in [6.07, 6.45) is 2.68. The molecule has 0 bridgehead atoms. The third-order valence-corrected chi connectivity index (χ3v) is 6.20. The van der Waals surface area contributed by atoms with Crippen LogP contribution in [0, 0.1) is 0 Å². The molecule has 108 valence electrons. The van der Waals surface area contributed by atoms with Crippen LogP contribution in [-0.4, -0.2) is 60.4 Å². The zero-order chi connectivity index (χ0) is 13.4. The maximum Gasteiger partial charge on any atom is 0.214 e. The Morgan fingerprint density at radius 2 is 1.83 bits per heavy atom. The zero-order valence-electron chi connectivity index (χ0n) is 11.1. The first-order chi connectivity index (χ1) is 8.56. The maximum absolute atomic E-state index is 12.0. The first-order valence-electron chi connectivity index (χ1n) is 6.60. The molecule has 1 saturated heterocycles. The van der Waals surface area contributed by atoms with Crippen molar-refractivity contribution in [3.8, 4) is 0 Å². The molecule has 5 nitrogen and oxygen atoms in total. The molecular weight excluding hydrogens is 272 g/mol. The summed E-state index contributed by atoms with van der Waals surface area (Å²) in [5.74, 6) is 1.18. The molecule has 0 atom stereocenters. The third kappa shape index (κ3) is 5.77. The van der Waals surface area contributed by atoms with E-state index < -0.39 is 20.8 Å². The second-order valence-electron chi connectivity index (χ2n) is 4.52. The minimum atomic E-state index is -3.13. The Kier molecular flexibility index (Phi) is 7.36. The van der Waals surface area contributed by atoms with E-state index in [2.05, 4.69) is 12.2 Å². The Morgan fingerprint density at radius 1 is 1.17 bits per heavy atom. The highest BCUT2D eigenvalue weighted by atomic mass is 32.2. The van der Waals surface area contributed by atoms with Gasteiger partial charge in [0.15, 0.2) is 0 Å². The van der Waals surface area contributed by atoms with E-state index in [-0.39, 0.29) is 5.75 Å². The average molecular weight is 296 g/mol. The van der Waals surface area contributed by atoms with Gasteiger partial charge in [-0.25, -0.2) is 12.7 Å². The SMILES string of the molecule is CCCNCCCCS(=O)(=O)N1CCS(=O)CC1. The molecular formula is C11H24N2O3S2. The maximum atomic E-state index is 12.0. The molecule has 18 heavy (non-hydrogen) atoms. The normalized spacial score (nSPS) is 19.2. The van der Waals surface area contributed by atoms with Gasteiger partial charge in [-0.1, -0.05) is 6.92 Å². The van der Waals surface area contributed by atoms with Gasteiger partial charge in [0.2, 0.25) is 10.0 Å². The van der Waals surface area contributed by atoms with Gasteiger partial charge in [0.05, 0.1) is 5.75 Å². The lowest BCUT2D eigenvalue weighted by Crippen LogP contribution is -2.42. The molecule has 0 amide bonds. The van der Waals surface area contributed by atoms with Crippen molar-refractivity contribution < 1.29 is 12.6 Å². The van der Waals surface area contributed by atoms with Gasteiger partial charge in [0.1, 0.15) is 0 Å². The first-order valence-corrected chi connectivity index (χ1v) is 9.69. The van der Waals surface area contributed by atoms with Crippen molar-refractivity contribution in [2.75, 3.05) is 43.4 Å². The van der Waals surface area contributed by atoms with E-state index in [4.69, 9.17) is 0 Å². The highest BCUT2D eigenvalue weighted by molar-refractivity contribution is 7.89. The summed E-state index contributed by atoms with van der Waals surface area (Å²) < 4.78 is 36.6. The largest absolute Gasteiger partial charge is 0.317 e. The van der Waals surface area contributed by atoms with Gasteiger partial charge in [-0.2, -0.15) is 0 Å². The number of unbranched alkanes of at least 4 members (excludes halogenated alkanes) is 1. The van der Waals surface area contributed by atoms with Crippen LogP contribution >= 0.6 is 0 Å². The van der Waals surface area contributed by atoms with Gasteiger partial charge in [0.25, 0.3) is 0 Å². The number of nitrogens with zero attached hydrogens (tertiary/aromatic N) is 1. The topological polar surface area (TPSA) is 66.5 Å². The Bertz CT molecular complexity index is 347. The van der Waals surface area contributed by atoms with E-state index in [0.717, 1.165) is 25.9 Å². The van der Waals surface area contributed by atoms with Crippen LogP contribution < -0.4 is 5.32 Å². The van der Waals surface area contributed by atoms with Gasteiger partial charge in [-0.3, -0.25) is 4.21 Å². The van der Waals surface area contributed by atoms with Crippen LogP contribution in [0.5, 0.6) is 0 Å². The molecule has 0 aromatic heterocycles. The van der Waals surface area contributed by atoms with E-state index in [1.807, 2.05) is 0 Å². The Hall–Kier alpha value is 0.0200. The van der Waals surface area contributed by atoms with Crippen molar-refractivity contribution in [1.29, 1.82) is 0 Å². The van der Waals surface area contributed by atoms with Crippen molar-refractivity contribution in [3.63, 3.8) is 0 Å². The Labute approximate surface area is 113 Å². The molecule has 0 spiro atoms. The molecule has 0 unspecified atom stereocenters. The molecule has 1 N–H and O–H groups in total. The van der Waals surface area contributed by atoms with Crippen LogP contribution in [0.2, 0.25) is 0 Å². The molecule has 0 aliphatic carbocycles. The predicted octanol–water partition coefficient (Wildman–Crippen LogP) is 0.160. The molecule has 0 aromatic carbocycles. The number of nitrogens with one attached hydrogen (secondary N) is 1. The summed E-state index contributed by atoms with van der Waals surface area (Å²) in [6.45, 7) is 4.82. The third-order valence-electron chi connectivity index (χ3n) is 2.96. The molecule has 1 heterocycles. The van der Waals surface area contributed by atoms with E-state index >= 15 is 0 Å². The quantitative estimate of drug-likeness (QED) is 0.648. The van der Waals surface area contributed by atoms with E-state index in [0.29, 0.717) is 31.0 Å². The minimum Gasteiger partial charge on any atom is -0.317 e. The minimum absolute atomic E-state index is 0.216. The second kappa shape index (κ2) is 8.24. The molecule has 1 aliphatic heterocycles. The van der Waals surface area contributed by atoms with Crippen molar-refractivity contribution in [1.82, 2.24) is 9.62 Å². The van der Waals surface area contributed by atoms with Gasteiger partial charge in [0, 0.05) is 35.4 Å². The predicted molar refractivity (Wildman–Crippen MR) is 75.6 cm³/mol. The van der Waals surface area contributed by atoms with Crippen LogP contribution in [0.1, 0.15) is 26.2 Å². The standard InChI is InChI=1S/C11H24N2O3S2/c1-2-5-12-6-3-4-11-18(15,16)13-7-9-17(14)10-8-13/h12H,2-11H2,1H3. The molecule has 7 heteroatoms. The van der Waals surface area contributed by atoms with Crippen LogP contribution in [0.4, 0.5) is 0 Å². The van der Waals surface area contributed by atoms with Crippen molar-refractivity contribution in [2.45, 2.75) is 26.2 Å². The summed E-state index contributed by atoms with van der Waals surface area (Å²) in [7, 11) is -3.95. The Balaban J connectivity index is 2.21. The van der Waals surface area contributed by atoms with Gasteiger partial charge in [-0.15, -0.1) is 0 Å². The highest BCUT2D eigenvalue weighted by Gasteiger charge is 2.25. The van der Waals surface area contributed by atoms with E-state index in [9.17, 15) is 12.6 Å². The number of rotatable bonds is 8.